The number of benzene rings is 2. The van der Waals surface area contributed by atoms with E-state index in [0.29, 0.717) is 24.6 Å². The number of hydrogen-bond donors (Lipinski definition) is 1. The number of carbonyl (C=O) groups excluding carboxylic acids is 1. The van der Waals surface area contributed by atoms with Crippen LogP contribution in [0, 0.1) is 26.7 Å². The van der Waals surface area contributed by atoms with E-state index in [1.807, 2.05) is 13.8 Å². The van der Waals surface area contributed by atoms with Crippen LogP contribution in [0.3, 0.4) is 0 Å². The van der Waals surface area contributed by atoms with Gasteiger partial charge < -0.3 is 5.32 Å². The van der Waals surface area contributed by atoms with E-state index in [4.69, 9.17) is 0 Å². The summed E-state index contributed by atoms with van der Waals surface area (Å²) < 4.78 is 27.8. The normalized spacial score (nSPS) is 16.8. The average Bonchev–Trinajstić information content (AvgIpc) is 2.72. The number of piperidine rings is 1. The second kappa shape index (κ2) is 9.53. The molecule has 5 nitrogen and oxygen atoms in total. The molecule has 0 radical (unpaired) electrons. The molecule has 6 heteroatoms. The van der Waals surface area contributed by atoms with Crippen molar-refractivity contribution in [3.05, 3.63) is 64.2 Å². The maximum absolute atomic E-state index is 13.2. The van der Waals surface area contributed by atoms with Gasteiger partial charge in [-0.05, 0) is 74.8 Å². The summed E-state index contributed by atoms with van der Waals surface area (Å²) in [6.07, 6.45) is 2.48. The lowest BCUT2D eigenvalue weighted by molar-refractivity contribution is 0.0934. The van der Waals surface area contributed by atoms with Crippen molar-refractivity contribution < 1.29 is 13.2 Å². The number of nitrogens with zero attached hydrogens (tertiary/aromatic N) is 1. The predicted octanol–water partition coefficient (Wildman–Crippen LogP) is 4.91. The van der Waals surface area contributed by atoms with E-state index in [9.17, 15) is 13.2 Å². The van der Waals surface area contributed by atoms with Crippen molar-refractivity contribution in [2.75, 3.05) is 13.1 Å². The summed E-state index contributed by atoms with van der Waals surface area (Å²) in [7, 11) is -3.60. The molecule has 1 aliphatic rings. The van der Waals surface area contributed by atoms with Crippen LogP contribution in [-0.2, 0) is 10.0 Å². The Morgan fingerprint density at radius 1 is 1.06 bits per heavy atom. The van der Waals surface area contributed by atoms with Gasteiger partial charge in [0.25, 0.3) is 5.91 Å². The third-order valence-electron chi connectivity index (χ3n) is 6.35. The molecule has 168 valence electrons. The Balaban J connectivity index is 1.86. The molecule has 0 bridgehead atoms. The molecule has 1 fully saturated rings. The van der Waals surface area contributed by atoms with Crippen LogP contribution in [0.25, 0.3) is 0 Å². The molecule has 31 heavy (non-hydrogen) atoms. The minimum absolute atomic E-state index is 0.128. The summed E-state index contributed by atoms with van der Waals surface area (Å²) in [6, 6.07) is 11.0. The molecule has 0 saturated carbocycles. The molecule has 0 aromatic heterocycles. The molecule has 0 aliphatic carbocycles. The Kier molecular flexibility index (Phi) is 7.22. The Hall–Kier alpha value is -2.18. The van der Waals surface area contributed by atoms with Crippen LogP contribution in [0.2, 0.25) is 0 Å². The molecule has 2 aromatic carbocycles. The lowest BCUT2D eigenvalue weighted by atomic mass is 9.97. The van der Waals surface area contributed by atoms with Gasteiger partial charge in [-0.3, -0.25) is 4.79 Å². The Bertz CT molecular complexity index is 1050. The molecule has 0 unspecified atom stereocenters. The molecule has 1 atom stereocenters. The van der Waals surface area contributed by atoms with Crippen molar-refractivity contribution in [1.82, 2.24) is 9.62 Å². The third-order valence-corrected chi connectivity index (χ3v) is 8.24. The van der Waals surface area contributed by atoms with Crippen molar-refractivity contribution in [2.45, 2.75) is 64.8 Å². The van der Waals surface area contributed by atoms with Crippen LogP contribution in [0.5, 0.6) is 0 Å². The van der Waals surface area contributed by atoms with Gasteiger partial charge in [-0.2, -0.15) is 4.31 Å². The fourth-order valence-electron chi connectivity index (χ4n) is 4.23. The zero-order valence-electron chi connectivity index (χ0n) is 19.2. The molecule has 1 saturated heterocycles. The maximum Gasteiger partial charge on any atom is 0.252 e. The molecular weight excluding hydrogens is 408 g/mol. The van der Waals surface area contributed by atoms with Crippen molar-refractivity contribution >= 4 is 15.9 Å². The minimum atomic E-state index is -3.60. The summed E-state index contributed by atoms with van der Waals surface area (Å²) in [5.74, 6) is 0.302. The number of amides is 1. The fourth-order valence-corrected chi connectivity index (χ4v) is 5.73. The molecule has 3 rings (SSSR count). The average molecular weight is 443 g/mol. The van der Waals surface area contributed by atoms with E-state index in [1.165, 1.54) is 11.6 Å². The zero-order chi connectivity index (χ0) is 22.8. The first-order valence-electron chi connectivity index (χ1n) is 11.1. The molecule has 1 heterocycles. The topological polar surface area (TPSA) is 66.5 Å². The number of carbonyl (C=O) groups is 1. The molecular formula is C25H34N2O3S. The predicted molar refractivity (Wildman–Crippen MR) is 125 cm³/mol. The molecule has 1 aliphatic heterocycles. The quantitative estimate of drug-likeness (QED) is 0.691. The summed E-state index contributed by atoms with van der Waals surface area (Å²) in [5, 5.41) is 3.12. The first kappa shape index (κ1) is 23.5. The maximum atomic E-state index is 13.2. The number of rotatable bonds is 6. The Labute approximate surface area is 186 Å². The van der Waals surface area contributed by atoms with Gasteiger partial charge in [-0.15, -0.1) is 0 Å². The van der Waals surface area contributed by atoms with Gasteiger partial charge in [-0.1, -0.05) is 43.7 Å². The van der Waals surface area contributed by atoms with Gasteiger partial charge >= 0.3 is 0 Å². The van der Waals surface area contributed by atoms with Gasteiger partial charge in [0.1, 0.15) is 0 Å². The van der Waals surface area contributed by atoms with Crippen LogP contribution >= 0.6 is 0 Å². The fraction of sp³-hybridized carbons (Fsp3) is 0.480. The van der Waals surface area contributed by atoms with Crippen molar-refractivity contribution in [3.8, 4) is 0 Å². The zero-order valence-corrected chi connectivity index (χ0v) is 20.1. The first-order chi connectivity index (χ1) is 14.6. The van der Waals surface area contributed by atoms with E-state index < -0.39 is 10.0 Å². The first-order valence-corrected chi connectivity index (χ1v) is 12.6. The summed E-state index contributed by atoms with van der Waals surface area (Å²) in [4.78, 5) is 13.4. The lowest BCUT2D eigenvalue weighted by Crippen LogP contribution is -2.38. The van der Waals surface area contributed by atoms with Crippen LogP contribution in [0.15, 0.2) is 41.3 Å². The Morgan fingerprint density at radius 2 is 1.74 bits per heavy atom. The lowest BCUT2D eigenvalue weighted by Gasteiger charge is -2.29. The van der Waals surface area contributed by atoms with Gasteiger partial charge in [-0.25, -0.2) is 8.42 Å². The second-order valence-electron chi connectivity index (χ2n) is 8.86. The molecule has 1 N–H and O–H groups in total. The van der Waals surface area contributed by atoms with Crippen LogP contribution in [-0.4, -0.2) is 31.7 Å². The highest BCUT2D eigenvalue weighted by atomic mass is 32.2. The highest BCUT2D eigenvalue weighted by Crippen LogP contribution is 2.26. The molecule has 1 amide bonds. The second-order valence-corrected chi connectivity index (χ2v) is 10.8. The number of sulfonamides is 1. The van der Waals surface area contributed by atoms with E-state index in [1.54, 1.807) is 16.4 Å². The molecule has 0 spiro atoms. The SMILES string of the molecule is CC[C@H](NC(=O)c1cc(S(=O)(=O)N2CCC(C)CC2)ccc1C)c1ccc(C)cc1C. The number of hydrogen-bond acceptors (Lipinski definition) is 3. The van der Waals surface area contributed by atoms with Gasteiger partial charge in [0, 0.05) is 18.7 Å². The van der Waals surface area contributed by atoms with Crippen molar-refractivity contribution in [1.29, 1.82) is 0 Å². The highest BCUT2D eigenvalue weighted by Gasteiger charge is 2.29. The van der Waals surface area contributed by atoms with Crippen LogP contribution < -0.4 is 5.32 Å². The van der Waals surface area contributed by atoms with Gasteiger partial charge in [0.15, 0.2) is 0 Å². The van der Waals surface area contributed by atoms with Crippen molar-refractivity contribution in [2.24, 2.45) is 5.92 Å². The summed E-state index contributed by atoms with van der Waals surface area (Å²) >= 11 is 0. The van der Waals surface area contributed by atoms with E-state index in [-0.39, 0.29) is 16.8 Å². The summed E-state index contributed by atoms with van der Waals surface area (Å²) in [5.41, 5.74) is 4.59. The molecule has 2 aromatic rings. The Morgan fingerprint density at radius 3 is 2.35 bits per heavy atom. The standard InChI is InChI=1S/C25H34N2O3S/c1-6-24(22-10-7-18(3)15-20(22)5)26-25(28)23-16-21(9-8-19(23)4)31(29,30)27-13-11-17(2)12-14-27/h7-10,15-17,24H,6,11-14H2,1-5H3,(H,26,28)/t24-/m0/s1. The highest BCUT2D eigenvalue weighted by molar-refractivity contribution is 7.89. The van der Waals surface area contributed by atoms with Crippen LogP contribution in [0.1, 0.15) is 71.8 Å². The van der Waals surface area contributed by atoms with Gasteiger partial charge in [0.05, 0.1) is 10.9 Å². The van der Waals surface area contributed by atoms with E-state index in [0.717, 1.165) is 36.0 Å². The summed E-state index contributed by atoms with van der Waals surface area (Å²) in [6.45, 7) is 11.2. The van der Waals surface area contributed by atoms with Crippen molar-refractivity contribution in [3.63, 3.8) is 0 Å². The number of nitrogens with one attached hydrogen (secondary N) is 1. The largest absolute Gasteiger partial charge is 0.345 e. The third kappa shape index (κ3) is 5.18. The monoisotopic (exact) mass is 442 g/mol. The van der Waals surface area contributed by atoms with Gasteiger partial charge in [0.2, 0.25) is 10.0 Å². The smallest absolute Gasteiger partial charge is 0.252 e. The van der Waals surface area contributed by atoms with E-state index >= 15 is 0 Å². The van der Waals surface area contributed by atoms with E-state index in [2.05, 4.69) is 44.3 Å². The minimum Gasteiger partial charge on any atom is -0.345 e. The number of aryl methyl sites for hydroxylation is 3. The van der Waals surface area contributed by atoms with Crippen LogP contribution in [0.4, 0.5) is 0 Å².